The molecule has 2 aromatic rings. The zero-order valence-corrected chi connectivity index (χ0v) is 16.8. The summed E-state index contributed by atoms with van der Waals surface area (Å²) in [6, 6.07) is 10.6. The summed E-state index contributed by atoms with van der Waals surface area (Å²) in [6.07, 6.45) is 4.17. The molecule has 2 heterocycles. The molecular formula is C21H31N5O2. The third-order valence-electron chi connectivity index (χ3n) is 5.87. The van der Waals surface area contributed by atoms with Crippen LogP contribution in [0.3, 0.4) is 0 Å². The molecule has 28 heavy (non-hydrogen) atoms. The van der Waals surface area contributed by atoms with Crippen molar-refractivity contribution in [2.45, 2.75) is 52.3 Å². The molecular weight excluding hydrogens is 354 g/mol. The van der Waals surface area contributed by atoms with Gasteiger partial charge in [0.2, 0.25) is 5.91 Å². The van der Waals surface area contributed by atoms with Gasteiger partial charge in [-0.25, -0.2) is 4.68 Å². The maximum atomic E-state index is 12.3. The molecule has 7 heteroatoms. The van der Waals surface area contributed by atoms with Gasteiger partial charge in [0, 0.05) is 13.1 Å². The van der Waals surface area contributed by atoms with E-state index in [9.17, 15) is 9.90 Å². The largest absolute Gasteiger partial charge is 0.387 e. The summed E-state index contributed by atoms with van der Waals surface area (Å²) >= 11 is 0. The van der Waals surface area contributed by atoms with E-state index in [0.29, 0.717) is 12.2 Å². The summed E-state index contributed by atoms with van der Waals surface area (Å²) in [6.45, 7) is 7.76. The molecule has 3 rings (SSSR count). The Balaban J connectivity index is 1.46. The molecule has 1 aliphatic rings. The summed E-state index contributed by atoms with van der Waals surface area (Å²) in [7, 11) is 0. The number of piperidine rings is 1. The molecule has 1 unspecified atom stereocenters. The topological polar surface area (TPSA) is 83.3 Å². The predicted molar refractivity (Wildman–Crippen MR) is 107 cm³/mol. The van der Waals surface area contributed by atoms with Crippen molar-refractivity contribution >= 4 is 5.91 Å². The number of nitrogens with zero attached hydrogens (tertiary/aromatic N) is 4. The van der Waals surface area contributed by atoms with Gasteiger partial charge in [0.05, 0.1) is 12.3 Å². The summed E-state index contributed by atoms with van der Waals surface area (Å²) in [5.74, 6) is -0.0680. The number of nitrogens with one attached hydrogen (secondary N) is 1. The number of aliphatic hydroxyl groups is 1. The third-order valence-corrected chi connectivity index (χ3v) is 5.87. The minimum absolute atomic E-state index is 0.0680. The van der Waals surface area contributed by atoms with Crippen LogP contribution in [0, 0.1) is 5.41 Å². The molecule has 152 valence electrons. The van der Waals surface area contributed by atoms with Crippen LogP contribution in [0.2, 0.25) is 0 Å². The number of benzene rings is 1. The zero-order valence-electron chi connectivity index (χ0n) is 16.8. The smallest absolute Gasteiger partial charge is 0.241 e. The van der Waals surface area contributed by atoms with Crippen molar-refractivity contribution in [1.82, 2.24) is 25.2 Å². The Morgan fingerprint density at radius 1 is 1.29 bits per heavy atom. The second-order valence-corrected chi connectivity index (χ2v) is 7.91. The highest BCUT2D eigenvalue weighted by Gasteiger charge is 2.33. The fourth-order valence-electron chi connectivity index (χ4n) is 3.75. The van der Waals surface area contributed by atoms with Crippen molar-refractivity contribution in [1.29, 1.82) is 0 Å². The van der Waals surface area contributed by atoms with E-state index in [1.165, 1.54) is 10.2 Å². The molecule has 1 aromatic heterocycles. The Kier molecular flexibility index (Phi) is 6.80. The number of aliphatic hydroxyl groups excluding tert-OH is 1. The predicted octanol–water partition coefficient (Wildman–Crippen LogP) is 2.14. The van der Waals surface area contributed by atoms with E-state index in [1.54, 1.807) is 13.1 Å². The van der Waals surface area contributed by atoms with Gasteiger partial charge in [-0.2, -0.15) is 0 Å². The summed E-state index contributed by atoms with van der Waals surface area (Å²) in [5.41, 5.74) is 1.99. The van der Waals surface area contributed by atoms with Gasteiger partial charge in [-0.1, -0.05) is 42.5 Å². The van der Waals surface area contributed by atoms with Crippen molar-refractivity contribution in [2.24, 2.45) is 5.41 Å². The fraction of sp³-hybridized carbons (Fsp3) is 0.571. The molecule has 2 N–H and O–H groups in total. The molecule has 0 radical (unpaired) electrons. The van der Waals surface area contributed by atoms with Gasteiger partial charge in [-0.3, -0.25) is 9.69 Å². The van der Waals surface area contributed by atoms with Crippen LogP contribution in [0.4, 0.5) is 0 Å². The van der Waals surface area contributed by atoms with Crippen molar-refractivity contribution < 1.29 is 9.90 Å². The molecule has 1 aromatic carbocycles. The third kappa shape index (κ3) is 5.39. The average Bonchev–Trinajstić information content (AvgIpc) is 3.17. The van der Waals surface area contributed by atoms with E-state index >= 15 is 0 Å². The molecule has 1 aliphatic heterocycles. The Hall–Kier alpha value is -2.25. The Bertz CT molecular complexity index is 751. The van der Waals surface area contributed by atoms with E-state index in [1.807, 2.05) is 0 Å². The summed E-state index contributed by atoms with van der Waals surface area (Å²) in [4.78, 5) is 14.8. The first-order valence-electron chi connectivity index (χ1n) is 10.1. The van der Waals surface area contributed by atoms with Crippen LogP contribution in [0.1, 0.15) is 50.5 Å². The highest BCUT2D eigenvalue weighted by Crippen LogP contribution is 2.34. The molecule has 1 amide bonds. The molecule has 1 saturated heterocycles. The highest BCUT2D eigenvalue weighted by atomic mass is 16.3. The van der Waals surface area contributed by atoms with E-state index in [0.717, 1.165) is 38.9 Å². The highest BCUT2D eigenvalue weighted by molar-refractivity contribution is 5.75. The van der Waals surface area contributed by atoms with Gasteiger partial charge in [-0.15, -0.1) is 5.10 Å². The van der Waals surface area contributed by atoms with Gasteiger partial charge in [0.15, 0.2) is 0 Å². The Labute approximate surface area is 166 Å². The maximum Gasteiger partial charge on any atom is 0.241 e. The SMILES string of the molecule is CCC1(CNC(=O)Cn2cc(C(C)O)nn2)CCN(Cc2ccccc2)CC1. The first-order chi connectivity index (χ1) is 13.5. The van der Waals surface area contributed by atoms with Crippen LogP contribution in [-0.4, -0.2) is 50.5 Å². The molecule has 0 aliphatic carbocycles. The van der Waals surface area contributed by atoms with Gasteiger partial charge < -0.3 is 10.4 Å². The monoisotopic (exact) mass is 385 g/mol. The van der Waals surface area contributed by atoms with Gasteiger partial charge in [0.25, 0.3) is 0 Å². The fourth-order valence-corrected chi connectivity index (χ4v) is 3.75. The van der Waals surface area contributed by atoms with Crippen LogP contribution in [0.25, 0.3) is 0 Å². The molecule has 0 bridgehead atoms. The molecule has 1 atom stereocenters. The Morgan fingerprint density at radius 3 is 2.61 bits per heavy atom. The number of amides is 1. The summed E-state index contributed by atoms with van der Waals surface area (Å²) in [5, 5.41) is 20.4. The van der Waals surface area contributed by atoms with Crippen molar-refractivity contribution in [3.05, 3.63) is 47.8 Å². The van der Waals surface area contributed by atoms with E-state index in [2.05, 4.69) is 57.8 Å². The lowest BCUT2D eigenvalue weighted by molar-refractivity contribution is -0.122. The quantitative estimate of drug-likeness (QED) is 0.727. The number of likely N-dealkylation sites (tertiary alicyclic amines) is 1. The first kappa shape index (κ1) is 20.5. The first-order valence-corrected chi connectivity index (χ1v) is 10.1. The van der Waals surface area contributed by atoms with Crippen molar-refractivity contribution in [2.75, 3.05) is 19.6 Å². The number of hydrogen-bond acceptors (Lipinski definition) is 5. The van der Waals surface area contributed by atoms with Crippen molar-refractivity contribution in [3.63, 3.8) is 0 Å². The van der Waals surface area contributed by atoms with Gasteiger partial charge in [-0.05, 0) is 50.3 Å². The molecule has 1 fully saturated rings. The van der Waals surface area contributed by atoms with Gasteiger partial charge in [0.1, 0.15) is 12.2 Å². The number of carbonyl (C=O) groups excluding carboxylic acids is 1. The number of carbonyl (C=O) groups is 1. The second-order valence-electron chi connectivity index (χ2n) is 7.91. The van der Waals surface area contributed by atoms with E-state index in [4.69, 9.17) is 0 Å². The van der Waals surface area contributed by atoms with Crippen LogP contribution in [0.5, 0.6) is 0 Å². The zero-order chi connectivity index (χ0) is 20.0. The van der Waals surface area contributed by atoms with Crippen molar-refractivity contribution in [3.8, 4) is 0 Å². The summed E-state index contributed by atoms with van der Waals surface area (Å²) < 4.78 is 1.47. The maximum absolute atomic E-state index is 12.3. The standard InChI is InChI=1S/C21H31N5O2/c1-3-21(9-11-25(12-10-21)13-18-7-5-4-6-8-18)16-22-20(28)15-26-14-19(17(2)27)23-24-26/h4-8,14,17,27H,3,9-13,15-16H2,1-2H3,(H,22,28). The molecule has 7 nitrogen and oxygen atoms in total. The van der Waals surface area contributed by atoms with Crippen LogP contribution < -0.4 is 5.32 Å². The van der Waals surface area contributed by atoms with Gasteiger partial charge >= 0.3 is 0 Å². The number of aromatic nitrogens is 3. The lowest BCUT2D eigenvalue weighted by atomic mass is 9.76. The second kappa shape index (κ2) is 9.30. The lowest BCUT2D eigenvalue weighted by Crippen LogP contribution is -2.46. The normalized spacial score (nSPS) is 18.0. The average molecular weight is 386 g/mol. The van der Waals surface area contributed by atoms with E-state index in [-0.39, 0.29) is 17.9 Å². The number of hydrogen-bond donors (Lipinski definition) is 2. The van der Waals surface area contributed by atoms with Crippen LogP contribution >= 0.6 is 0 Å². The molecule has 0 saturated carbocycles. The minimum Gasteiger partial charge on any atom is -0.387 e. The lowest BCUT2D eigenvalue weighted by Gasteiger charge is -2.41. The number of rotatable bonds is 8. The minimum atomic E-state index is -0.679. The van der Waals surface area contributed by atoms with E-state index < -0.39 is 6.10 Å². The molecule has 0 spiro atoms. The van der Waals surface area contributed by atoms with Crippen LogP contribution in [-0.2, 0) is 17.9 Å². The Morgan fingerprint density at radius 2 is 2.00 bits per heavy atom. The van der Waals surface area contributed by atoms with Crippen LogP contribution in [0.15, 0.2) is 36.5 Å².